The lowest BCUT2D eigenvalue weighted by atomic mass is 9.95. The molecule has 0 saturated carbocycles. The molecule has 1 aromatic rings. The van der Waals surface area contributed by atoms with Gasteiger partial charge in [0.05, 0.1) is 13.7 Å². The van der Waals surface area contributed by atoms with E-state index < -0.39 is 0 Å². The van der Waals surface area contributed by atoms with Crippen LogP contribution in [0.2, 0.25) is 0 Å². The second kappa shape index (κ2) is 5.47. The highest BCUT2D eigenvalue weighted by atomic mass is 19.1. The molecule has 1 aliphatic rings. The van der Waals surface area contributed by atoms with Crippen LogP contribution in [-0.4, -0.2) is 27.3 Å². The number of benzene rings is 1. The van der Waals surface area contributed by atoms with E-state index in [1.807, 2.05) is 6.07 Å². The first kappa shape index (κ1) is 12.3. The van der Waals surface area contributed by atoms with Crippen molar-refractivity contribution >= 4 is 0 Å². The Morgan fingerprint density at radius 1 is 1.41 bits per heavy atom. The van der Waals surface area contributed by atoms with Crippen LogP contribution in [0, 0.1) is 5.82 Å². The Kier molecular flexibility index (Phi) is 3.97. The largest absolute Gasteiger partial charge is 0.493 e. The number of nitrogens with one attached hydrogen (secondary N) is 1. The van der Waals surface area contributed by atoms with E-state index >= 15 is 0 Å². The van der Waals surface area contributed by atoms with Gasteiger partial charge in [0.1, 0.15) is 0 Å². The minimum Gasteiger partial charge on any atom is -0.493 e. The monoisotopic (exact) mass is 239 g/mol. The predicted molar refractivity (Wildman–Crippen MR) is 63.9 cm³/mol. The van der Waals surface area contributed by atoms with Gasteiger partial charge in [-0.15, -0.1) is 0 Å². The Hall–Kier alpha value is -1.13. The van der Waals surface area contributed by atoms with Crippen molar-refractivity contribution in [1.29, 1.82) is 0 Å². The lowest BCUT2D eigenvalue weighted by molar-refractivity contribution is 0.184. The van der Waals surface area contributed by atoms with Crippen LogP contribution in [-0.2, 0) is 11.3 Å². The molecule has 2 rings (SSSR count). The van der Waals surface area contributed by atoms with Crippen LogP contribution in [0.3, 0.4) is 0 Å². The van der Waals surface area contributed by atoms with E-state index in [1.54, 1.807) is 7.11 Å². The number of rotatable bonds is 4. The van der Waals surface area contributed by atoms with Crippen molar-refractivity contribution in [1.82, 2.24) is 5.32 Å². The second-order valence-electron chi connectivity index (χ2n) is 4.32. The van der Waals surface area contributed by atoms with Crippen LogP contribution in [0.25, 0.3) is 0 Å². The van der Waals surface area contributed by atoms with Gasteiger partial charge in [0.25, 0.3) is 0 Å². The van der Waals surface area contributed by atoms with Crippen molar-refractivity contribution in [2.45, 2.75) is 18.9 Å². The van der Waals surface area contributed by atoms with E-state index in [0.29, 0.717) is 18.3 Å². The van der Waals surface area contributed by atoms with Gasteiger partial charge in [0.2, 0.25) is 0 Å². The van der Waals surface area contributed by atoms with Crippen LogP contribution in [0.1, 0.15) is 23.5 Å². The van der Waals surface area contributed by atoms with Gasteiger partial charge in [-0.1, -0.05) is 0 Å². The quantitative estimate of drug-likeness (QED) is 0.872. The van der Waals surface area contributed by atoms with E-state index in [4.69, 9.17) is 9.47 Å². The van der Waals surface area contributed by atoms with Gasteiger partial charge in [-0.3, -0.25) is 0 Å². The van der Waals surface area contributed by atoms with Crippen molar-refractivity contribution in [3.8, 4) is 5.75 Å². The third-order valence-electron chi connectivity index (χ3n) is 3.15. The number of hydrogen-bond donors (Lipinski definition) is 1. The maximum Gasteiger partial charge on any atom is 0.165 e. The van der Waals surface area contributed by atoms with Crippen LogP contribution in [0.4, 0.5) is 4.39 Å². The fourth-order valence-corrected chi connectivity index (χ4v) is 2.36. The minimum absolute atomic E-state index is 0.302. The Bertz CT molecular complexity index is 389. The lowest BCUT2D eigenvalue weighted by Gasteiger charge is -2.16. The summed E-state index contributed by atoms with van der Waals surface area (Å²) >= 11 is 0. The molecule has 1 N–H and O–H groups in total. The first-order chi connectivity index (χ1) is 8.26. The molecule has 1 heterocycles. The summed E-state index contributed by atoms with van der Waals surface area (Å²) in [5, 5.41) is 3.28. The molecule has 94 valence electrons. The minimum atomic E-state index is -0.302. The summed E-state index contributed by atoms with van der Waals surface area (Å²) in [6.45, 7) is 2.28. The molecule has 0 amide bonds. The topological polar surface area (TPSA) is 30.5 Å². The van der Waals surface area contributed by atoms with Crippen molar-refractivity contribution in [2.24, 2.45) is 0 Å². The first-order valence-corrected chi connectivity index (χ1v) is 5.82. The fourth-order valence-electron chi connectivity index (χ4n) is 2.36. The van der Waals surface area contributed by atoms with E-state index in [2.05, 4.69) is 5.32 Å². The van der Waals surface area contributed by atoms with Gasteiger partial charge in [-0.2, -0.15) is 0 Å². The summed E-state index contributed by atoms with van der Waals surface area (Å²) < 4.78 is 24.1. The fraction of sp³-hybridized carbons (Fsp3) is 0.538. The maximum atomic E-state index is 13.9. The highest BCUT2D eigenvalue weighted by Crippen LogP contribution is 2.34. The maximum absolute atomic E-state index is 13.9. The molecule has 17 heavy (non-hydrogen) atoms. The van der Waals surface area contributed by atoms with Crippen LogP contribution in [0.15, 0.2) is 12.1 Å². The van der Waals surface area contributed by atoms with Gasteiger partial charge in [0.15, 0.2) is 11.6 Å². The lowest BCUT2D eigenvalue weighted by Crippen LogP contribution is -2.10. The molecule has 4 heteroatoms. The van der Waals surface area contributed by atoms with E-state index in [1.165, 1.54) is 13.2 Å². The molecule has 1 saturated heterocycles. The van der Waals surface area contributed by atoms with Crippen molar-refractivity contribution in [3.63, 3.8) is 0 Å². The van der Waals surface area contributed by atoms with Crippen LogP contribution in [0.5, 0.6) is 5.75 Å². The standard InChI is InChI=1S/C13H18FNO2/c1-16-8-9-5-11(10-3-4-15-7-10)13(17-2)12(14)6-9/h5-6,10,15H,3-4,7-8H2,1-2H3. The van der Waals surface area contributed by atoms with Gasteiger partial charge < -0.3 is 14.8 Å². The summed E-state index contributed by atoms with van der Waals surface area (Å²) in [7, 11) is 3.12. The Balaban J connectivity index is 2.37. The molecule has 1 atom stereocenters. The molecule has 0 spiro atoms. The average Bonchev–Trinajstić information content (AvgIpc) is 2.82. The zero-order valence-corrected chi connectivity index (χ0v) is 10.3. The Morgan fingerprint density at radius 3 is 2.82 bits per heavy atom. The first-order valence-electron chi connectivity index (χ1n) is 5.82. The second-order valence-corrected chi connectivity index (χ2v) is 4.32. The normalized spacial score (nSPS) is 19.6. The predicted octanol–water partition coefficient (Wildman–Crippen LogP) is 2.06. The molecule has 1 aromatic carbocycles. The highest BCUT2D eigenvalue weighted by Gasteiger charge is 2.23. The Morgan fingerprint density at radius 2 is 2.24 bits per heavy atom. The third kappa shape index (κ3) is 2.58. The molecule has 0 bridgehead atoms. The molecule has 1 fully saturated rings. The Labute approximate surface area is 101 Å². The SMILES string of the molecule is COCc1cc(F)c(OC)c(C2CCNC2)c1. The van der Waals surface area contributed by atoms with Gasteiger partial charge in [0, 0.05) is 25.1 Å². The van der Waals surface area contributed by atoms with Crippen molar-refractivity contribution in [3.05, 3.63) is 29.1 Å². The molecule has 0 radical (unpaired) electrons. The van der Waals surface area contributed by atoms with Gasteiger partial charge >= 0.3 is 0 Å². The van der Waals surface area contributed by atoms with E-state index in [9.17, 15) is 4.39 Å². The van der Waals surface area contributed by atoms with Gasteiger partial charge in [-0.05, 0) is 30.7 Å². The average molecular weight is 239 g/mol. The van der Waals surface area contributed by atoms with E-state index in [0.717, 1.165) is 30.6 Å². The molecule has 0 aromatic heterocycles. The number of hydrogen-bond acceptors (Lipinski definition) is 3. The van der Waals surface area contributed by atoms with Crippen molar-refractivity contribution < 1.29 is 13.9 Å². The zero-order chi connectivity index (χ0) is 12.3. The number of halogens is 1. The summed E-state index contributed by atoms with van der Waals surface area (Å²) in [6, 6.07) is 3.47. The molecular formula is C13H18FNO2. The highest BCUT2D eigenvalue weighted by molar-refractivity contribution is 5.41. The van der Waals surface area contributed by atoms with E-state index in [-0.39, 0.29) is 5.82 Å². The van der Waals surface area contributed by atoms with Gasteiger partial charge in [-0.25, -0.2) is 4.39 Å². The summed E-state index contributed by atoms with van der Waals surface area (Å²) in [5.74, 6) is 0.402. The molecule has 0 aliphatic carbocycles. The molecule has 3 nitrogen and oxygen atoms in total. The summed E-state index contributed by atoms with van der Waals surface area (Å²) in [5.41, 5.74) is 1.80. The zero-order valence-electron chi connectivity index (χ0n) is 10.3. The number of ether oxygens (including phenoxy) is 2. The molecular weight excluding hydrogens is 221 g/mol. The van der Waals surface area contributed by atoms with Crippen LogP contribution >= 0.6 is 0 Å². The summed E-state index contributed by atoms with van der Waals surface area (Å²) in [4.78, 5) is 0. The smallest absolute Gasteiger partial charge is 0.165 e. The third-order valence-corrected chi connectivity index (χ3v) is 3.15. The molecule has 1 unspecified atom stereocenters. The summed E-state index contributed by atoms with van der Waals surface area (Å²) in [6.07, 6.45) is 1.02. The number of methoxy groups -OCH3 is 2. The van der Waals surface area contributed by atoms with Crippen molar-refractivity contribution in [2.75, 3.05) is 27.3 Å². The molecule has 1 aliphatic heterocycles. The van der Waals surface area contributed by atoms with Crippen LogP contribution < -0.4 is 10.1 Å².